The first-order valence-electron chi connectivity index (χ1n) is 7.46. The van der Waals surface area contributed by atoms with Crippen LogP contribution in [0.5, 0.6) is 23.0 Å². The second-order valence-electron chi connectivity index (χ2n) is 5.75. The maximum absolute atomic E-state index is 12.2. The number of anilines is 2. The van der Waals surface area contributed by atoms with Crippen LogP contribution in [-0.2, 0) is 0 Å². The van der Waals surface area contributed by atoms with Gasteiger partial charge in [0.2, 0.25) is 0 Å². The molecule has 0 saturated carbocycles. The lowest BCUT2D eigenvalue weighted by molar-refractivity contribution is 0.0975. The molecule has 1 heterocycles. The van der Waals surface area contributed by atoms with E-state index in [2.05, 4.69) is 5.32 Å². The molecule has 0 radical (unpaired) electrons. The first-order valence-corrected chi connectivity index (χ1v) is 7.46. The molecule has 7 heteroatoms. The maximum Gasteiger partial charge on any atom is 0.167 e. The van der Waals surface area contributed by atoms with E-state index >= 15 is 0 Å². The van der Waals surface area contributed by atoms with E-state index in [0.717, 1.165) is 0 Å². The second kappa shape index (κ2) is 5.62. The maximum atomic E-state index is 12.2. The van der Waals surface area contributed by atoms with Gasteiger partial charge in [0, 0.05) is 6.07 Å². The summed E-state index contributed by atoms with van der Waals surface area (Å²) in [6.07, 6.45) is 0. The predicted molar refractivity (Wildman–Crippen MR) is 89.6 cm³/mol. The Morgan fingerprint density at radius 3 is 2.08 bits per heavy atom. The average Bonchev–Trinajstić information content (AvgIpc) is 2.50. The average molecular weight is 341 g/mol. The summed E-state index contributed by atoms with van der Waals surface area (Å²) >= 11 is 0. The van der Waals surface area contributed by atoms with E-state index in [0.29, 0.717) is 5.69 Å². The summed E-state index contributed by atoms with van der Waals surface area (Å²) in [7, 11) is 0. The molecule has 0 spiro atoms. The Labute approximate surface area is 142 Å². The summed E-state index contributed by atoms with van der Waals surface area (Å²) in [6.45, 7) is 3.67. The highest BCUT2D eigenvalue weighted by atomic mass is 16.5. The third-order valence-electron chi connectivity index (χ3n) is 3.92. The number of aromatic hydroxyl groups is 2. The lowest BCUT2D eigenvalue weighted by Crippen LogP contribution is -2.16. The molecule has 3 rings (SSSR count). The molecule has 2 aromatic rings. The molecule has 1 aliphatic heterocycles. The molecule has 0 atom stereocenters. The van der Waals surface area contributed by atoms with Crippen LogP contribution in [0.2, 0.25) is 0 Å². The quantitative estimate of drug-likeness (QED) is 0.493. The van der Waals surface area contributed by atoms with E-state index in [4.69, 9.17) is 4.74 Å². The topological polar surface area (TPSA) is 113 Å². The Balaban J connectivity index is 2.41. The number of benzene rings is 2. The number of rotatable bonds is 3. The smallest absolute Gasteiger partial charge is 0.167 e. The summed E-state index contributed by atoms with van der Waals surface area (Å²) in [5.74, 6) is -2.02. The van der Waals surface area contributed by atoms with Gasteiger partial charge in [0.25, 0.3) is 0 Å². The molecule has 0 aromatic heterocycles. The minimum absolute atomic E-state index is 0.0512. The van der Waals surface area contributed by atoms with E-state index < -0.39 is 23.1 Å². The molecule has 128 valence electrons. The largest absolute Gasteiger partial charge is 0.508 e. The SMILES string of the molecule is CC(=O)c1c(O)c(C(C)=O)c(C(C)=O)c2c1Oc1cc(O)ccc1N2. The number of nitrogens with one attached hydrogen (secondary N) is 1. The van der Waals surface area contributed by atoms with Crippen molar-refractivity contribution in [3.8, 4) is 23.0 Å². The number of carbonyl (C=O) groups is 3. The van der Waals surface area contributed by atoms with Crippen LogP contribution >= 0.6 is 0 Å². The van der Waals surface area contributed by atoms with Gasteiger partial charge in [-0.1, -0.05) is 0 Å². The van der Waals surface area contributed by atoms with Crippen LogP contribution in [0.3, 0.4) is 0 Å². The summed E-state index contributed by atoms with van der Waals surface area (Å²) in [5, 5.41) is 23.0. The number of fused-ring (bicyclic) bond motifs is 2. The monoisotopic (exact) mass is 341 g/mol. The van der Waals surface area contributed by atoms with Gasteiger partial charge < -0.3 is 20.3 Å². The molecule has 7 nitrogen and oxygen atoms in total. The summed E-state index contributed by atoms with van der Waals surface area (Å²) < 4.78 is 5.69. The highest BCUT2D eigenvalue weighted by Crippen LogP contribution is 2.51. The minimum atomic E-state index is -0.589. The van der Waals surface area contributed by atoms with Crippen molar-refractivity contribution < 1.29 is 29.3 Å². The number of phenolic OH excluding ortho intramolecular Hbond substituents is 2. The fraction of sp³-hybridized carbons (Fsp3) is 0.167. The van der Waals surface area contributed by atoms with E-state index in [-0.39, 0.29) is 39.6 Å². The molecule has 3 N–H and O–H groups in total. The normalized spacial score (nSPS) is 11.6. The van der Waals surface area contributed by atoms with E-state index in [9.17, 15) is 24.6 Å². The number of ketones is 3. The first-order chi connectivity index (χ1) is 11.7. The molecule has 0 bridgehead atoms. The zero-order valence-electron chi connectivity index (χ0n) is 13.8. The molecule has 0 aliphatic carbocycles. The van der Waals surface area contributed by atoms with Gasteiger partial charge in [0.15, 0.2) is 28.8 Å². The highest BCUT2D eigenvalue weighted by Gasteiger charge is 2.34. The number of hydrogen-bond acceptors (Lipinski definition) is 7. The van der Waals surface area contributed by atoms with E-state index in [1.807, 2.05) is 0 Å². The Morgan fingerprint density at radius 2 is 1.52 bits per heavy atom. The molecular weight excluding hydrogens is 326 g/mol. The molecule has 1 aliphatic rings. The van der Waals surface area contributed by atoms with Crippen molar-refractivity contribution >= 4 is 28.7 Å². The lowest BCUT2D eigenvalue weighted by Gasteiger charge is -2.27. The van der Waals surface area contributed by atoms with Gasteiger partial charge in [-0.2, -0.15) is 0 Å². The Bertz CT molecular complexity index is 961. The van der Waals surface area contributed by atoms with Gasteiger partial charge in [-0.05, 0) is 32.9 Å². The molecule has 2 aromatic carbocycles. The van der Waals surface area contributed by atoms with Crippen molar-refractivity contribution in [1.29, 1.82) is 0 Å². The van der Waals surface area contributed by atoms with Crippen LogP contribution in [-0.4, -0.2) is 27.6 Å². The fourth-order valence-electron chi connectivity index (χ4n) is 2.90. The number of hydrogen-bond donors (Lipinski definition) is 3. The second-order valence-corrected chi connectivity index (χ2v) is 5.75. The van der Waals surface area contributed by atoms with Crippen molar-refractivity contribution in [3.05, 3.63) is 34.9 Å². The van der Waals surface area contributed by atoms with Crippen LogP contribution in [0.4, 0.5) is 11.4 Å². The van der Waals surface area contributed by atoms with Crippen LogP contribution in [0.15, 0.2) is 18.2 Å². The summed E-state index contributed by atoms with van der Waals surface area (Å²) in [6, 6.07) is 4.29. The van der Waals surface area contributed by atoms with Crippen LogP contribution in [0.1, 0.15) is 51.8 Å². The minimum Gasteiger partial charge on any atom is -0.508 e. The van der Waals surface area contributed by atoms with Crippen molar-refractivity contribution in [2.75, 3.05) is 5.32 Å². The first kappa shape index (κ1) is 16.5. The Hall–Kier alpha value is -3.35. The van der Waals surface area contributed by atoms with Crippen molar-refractivity contribution in [2.24, 2.45) is 0 Å². The molecular formula is C18H15NO6. The Morgan fingerprint density at radius 1 is 0.920 bits per heavy atom. The number of ether oxygens (including phenoxy) is 1. The molecule has 0 fully saturated rings. The fourth-order valence-corrected chi connectivity index (χ4v) is 2.90. The number of Topliss-reactive ketones (excluding diaryl/α,β-unsaturated/α-hetero) is 3. The van der Waals surface area contributed by atoms with Crippen LogP contribution < -0.4 is 10.1 Å². The molecule has 0 saturated heterocycles. The summed E-state index contributed by atoms with van der Waals surface area (Å²) in [4.78, 5) is 36.2. The molecule has 0 amide bonds. The summed E-state index contributed by atoms with van der Waals surface area (Å²) in [5.41, 5.74) is 0.103. The van der Waals surface area contributed by atoms with E-state index in [1.165, 1.54) is 39.0 Å². The van der Waals surface area contributed by atoms with E-state index in [1.54, 1.807) is 0 Å². The van der Waals surface area contributed by atoms with Crippen molar-refractivity contribution in [2.45, 2.75) is 20.8 Å². The third kappa shape index (κ3) is 2.50. The number of phenols is 2. The van der Waals surface area contributed by atoms with Gasteiger partial charge in [0.1, 0.15) is 17.1 Å². The molecule has 0 unspecified atom stereocenters. The van der Waals surface area contributed by atoms with Gasteiger partial charge >= 0.3 is 0 Å². The van der Waals surface area contributed by atoms with Gasteiger partial charge in [-0.3, -0.25) is 14.4 Å². The van der Waals surface area contributed by atoms with Gasteiger partial charge in [-0.15, -0.1) is 0 Å². The zero-order chi connectivity index (χ0) is 18.5. The predicted octanol–water partition coefficient (Wildman–Crippen LogP) is 3.55. The van der Waals surface area contributed by atoms with Gasteiger partial charge in [-0.25, -0.2) is 0 Å². The van der Waals surface area contributed by atoms with Crippen molar-refractivity contribution in [1.82, 2.24) is 0 Å². The van der Waals surface area contributed by atoms with Crippen LogP contribution in [0, 0.1) is 0 Å². The lowest BCUT2D eigenvalue weighted by atomic mass is 9.91. The zero-order valence-corrected chi connectivity index (χ0v) is 13.8. The highest BCUT2D eigenvalue weighted by molar-refractivity contribution is 6.18. The standard InChI is InChI=1S/C18H15NO6/c1-7(20)13-14(8(2)21)17(24)15(9(3)22)18-16(13)19-11-5-4-10(23)6-12(11)25-18/h4-6,19,23-24H,1-3H3. The number of carbonyl (C=O) groups excluding carboxylic acids is 3. The van der Waals surface area contributed by atoms with Crippen LogP contribution in [0.25, 0.3) is 0 Å². The third-order valence-corrected chi connectivity index (χ3v) is 3.92. The Kier molecular flexibility index (Phi) is 3.71. The van der Waals surface area contributed by atoms with Crippen molar-refractivity contribution in [3.63, 3.8) is 0 Å². The van der Waals surface area contributed by atoms with Gasteiger partial charge in [0.05, 0.1) is 22.5 Å². The molecule has 25 heavy (non-hydrogen) atoms.